The maximum absolute atomic E-state index is 12.2. The summed E-state index contributed by atoms with van der Waals surface area (Å²) in [6.45, 7) is 4.92. The van der Waals surface area contributed by atoms with Crippen molar-refractivity contribution in [2.24, 2.45) is 5.10 Å². The van der Waals surface area contributed by atoms with Crippen molar-refractivity contribution >= 4 is 23.8 Å². The molecule has 1 amide bonds. The summed E-state index contributed by atoms with van der Waals surface area (Å²) in [5, 5.41) is 4.08. The SMILES string of the molecule is COC(=O)c1ccc(COc2ccc(/C=N/NC(=O)CCN3CCN(c4ccccc4)CC3)cc2)cc1. The first-order valence-corrected chi connectivity index (χ1v) is 12.3. The van der Waals surface area contributed by atoms with Crippen LogP contribution in [0, 0.1) is 0 Å². The number of methoxy groups -OCH3 is 1. The molecule has 0 bridgehead atoms. The first kappa shape index (κ1) is 25.9. The van der Waals surface area contributed by atoms with Gasteiger partial charge in [0.2, 0.25) is 5.91 Å². The number of nitrogens with one attached hydrogen (secondary N) is 1. The number of carbonyl (C=O) groups excluding carboxylic acids is 2. The third kappa shape index (κ3) is 7.91. The topological polar surface area (TPSA) is 83.5 Å². The summed E-state index contributed by atoms with van der Waals surface area (Å²) in [6.07, 6.45) is 2.03. The van der Waals surface area contributed by atoms with Crippen molar-refractivity contribution in [1.82, 2.24) is 10.3 Å². The number of carbonyl (C=O) groups is 2. The predicted octanol–water partition coefficient (Wildman–Crippen LogP) is 3.71. The molecule has 0 aromatic heterocycles. The van der Waals surface area contributed by atoms with Crippen LogP contribution < -0.4 is 15.1 Å². The standard InChI is InChI=1S/C29H32N4O4/c1-36-29(35)25-11-7-24(8-12-25)22-37-27-13-9-23(10-14-27)21-30-31-28(34)15-16-32-17-19-33(20-18-32)26-5-3-2-4-6-26/h2-14,21H,15-20,22H2,1H3,(H,31,34)/b30-21+. The van der Waals surface area contributed by atoms with Gasteiger partial charge in [-0.05, 0) is 59.7 Å². The number of para-hydroxylation sites is 1. The molecule has 1 aliphatic rings. The van der Waals surface area contributed by atoms with Gasteiger partial charge in [-0.25, -0.2) is 10.2 Å². The minimum absolute atomic E-state index is 0.0973. The summed E-state index contributed by atoms with van der Waals surface area (Å²) < 4.78 is 10.5. The number of amides is 1. The average molecular weight is 501 g/mol. The Kier molecular flexibility index (Phi) is 9.26. The molecule has 1 aliphatic heterocycles. The number of hydrogen-bond donors (Lipinski definition) is 1. The number of ether oxygens (including phenoxy) is 2. The van der Waals surface area contributed by atoms with Crippen LogP contribution in [0.1, 0.15) is 27.9 Å². The lowest BCUT2D eigenvalue weighted by Crippen LogP contribution is -2.47. The Morgan fingerprint density at radius 3 is 2.30 bits per heavy atom. The third-order valence-corrected chi connectivity index (χ3v) is 6.21. The molecule has 0 atom stereocenters. The lowest BCUT2D eigenvalue weighted by Gasteiger charge is -2.36. The maximum atomic E-state index is 12.2. The lowest BCUT2D eigenvalue weighted by molar-refractivity contribution is -0.121. The molecule has 4 rings (SSSR count). The van der Waals surface area contributed by atoms with Crippen LogP contribution in [0.25, 0.3) is 0 Å². The van der Waals surface area contributed by atoms with Gasteiger partial charge in [-0.3, -0.25) is 9.69 Å². The van der Waals surface area contributed by atoms with Gasteiger partial charge in [0.15, 0.2) is 0 Å². The van der Waals surface area contributed by atoms with Crippen molar-refractivity contribution in [1.29, 1.82) is 0 Å². The summed E-state index contributed by atoms with van der Waals surface area (Å²) in [7, 11) is 1.36. The van der Waals surface area contributed by atoms with Crippen molar-refractivity contribution in [3.8, 4) is 5.75 Å². The molecule has 192 valence electrons. The molecule has 8 heteroatoms. The van der Waals surface area contributed by atoms with Crippen LogP contribution >= 0.6 is 0 Å². The zero-order valence-corrected chi connectivity index (χ0v) is 21.0. The van der Waals surface area contributed by atoms with E-state index in [-0.39, 0.29) is 11.9 Å². The highest BCUT2D eigenvalue weighted by Crippen LogP contribution is 2.16. The summed E-state index contributed by atoms with van der Waals surface area (Å²) in [6, 6.07) is 25.0. The van der Waals surface area contributed by atoms with Crippen LogP contribution in [0.2, 0.25) is 0 Å². The Morgan fingerprint density at radius 2 is 1.62 bits per heavy atom. The van der Waals surface area contributed by atoms with Gasteiger partial charge in [0.25, 0.3) is 0 Å². The predicted molar refractivity (Wildman–Crippen MR) is 144 cm³/mol. The number of hydrazone groups is 1. The van der Waals surface area contributed by atoms with Crippen molar-refractivity contribution in [2.45, 2.75) is 13.0 Å². The fourth-order valence-corrected chi connectivity index (χ4v) is 4.03. The van der Waals surface area contributed by atoms with E-state index in [1.807, 2.05) is 42.5 Å². The van der Waals surface area contributed by atoms with E-state index in [9.17, 15) is 9.59 Å². The number of hydrogen-bond acceptors (Lipinski definition) is 7. The van der Waals surface area contributed by atoms with Crippen LogP contribution in [0.5, 0.6) is 5.75 Å². The molecule has 0 radical (unpaired) electrons. The van der Waals surface area contributed by atoms with Gasteiger partial charge in [-0.2, -0.15) is 5.10 Å². The van der Waals surface area contributed by atoms with Gasteiger partial charge in [0, 0.05) is 44.8 Å². The fourth-order valence-electron chi connectivity index (χ4n) is 4.03. The molecule has 0 unspecified atom stereocenters. The molecule has 3 aromatic carbocycles. The second-order valence-corrected chi connectivity index (χ2v) is 8.75. The maximum Gasteiger partial charge on any atom is 0.337 e. The Hall–Kier alpha value is -4.17. The van der Waals surface area contributed by atoms with E-state index in [2.05, 4.69) is 44.6 Å². The lowest BCUT2D eigenvalue weighted by atomic mass is 10.1. The van der Waals surface area contributed by atoms with Crippen LogP contribution in [-0.4, -0.2) is 62.8 Å². The van der Waals surface area contributed by atoms with E-state index >= 15 is 0 Å². The Labute approximate surface area is 217 Å². The van der Waals surface area contributed by atoms with Gasteiger partial charge < -0.3 is 14.4 Å². The van der Waals surface area contributed by atoms with Crippen molar-refractivity contribution < 1.29 is 19.1 Å². The second kappa shape index (κ2) is 13.2. The number of anilines is 1. The second-order valence-electron chi connectivity index (χ2n) is 8.75. The quantitative estimate of drug-likeness (QED) is 0.260. The first-order chi connectivity index (χ1) is 18.1. The highest BCUT2D eigenvalue weighted by Gasteiger charge is 2.17. The molecule has 0 spiro atoms. The summed E-state index contributed by atoms with van der Waals surface area (Å²) in [5.74, 6) is 0.254. The fraction of sp³-hybridized carbons (Fsp3) is 0.276. The molecule has 1 fully saturated rings. The monoisotopic (exact) mass is 500 g/mol. The van der Waals surface area contributed by atoms with E-state index in [1.165, 1.54) is 12.8 Å². The number of benzene rings is 3. The normalized spacial score (nSPS) is 13.9. The molecular formula is C29H32N4O4. The minimum atomic E-state index is -0.363. The summed E-state index contributed by atoms with van der Waals surface area (Å²) in [4.78, 5) is 28.4. The highest BCUT2D eigenvalue weighted by atomic mass is 16.5. The molecule has 1 N–H and O–H groups in total. The zero-order chi connectivity index (χ0) is 25.9. The van der Waals surface area contributed by atoms with Crippen LogP contribution in [-0.2, 0) is 16.1 Å². The largest absolute Gasteiger partial charge is 0.489 e. The molecule has 8 nitrogen and oxygen atoms in total. The molecule has 0 saturated carbocycles. The van der Waals surface area contributed by atoms with Gasteiger partial charge in [0.1, 0.15) is 12.4 Å². The number of esters is 1. The van der Waals surface area contributed by atoms with Gasteiger partial charge in [-0.15, -0.1) is 0 Å². The minimum Gasteiger partial charge on any atom is -0.489 e. The molecule has 37 heavy (non-hydrogen) atoms. The van der Waals surface area contributed by atoms with Crippen LogP contribution in [0.3, 0.4) is 0 Å². The first-order valence-electron chi connectivity index (χ1n) is 12.3. The Morgan fingerprint density at radius 1 is 0.919 bits per heavy atom. The molecular weight excluding hydrogens is 468 g/mol. The zero-order valence-electron chi connectivity index (χ0n) is 21.0. The summed E-state index contributed by atoms with van der Waals surface area (Å²) >= 11 is 0. The molecule has 3 aromatic rings. The van der Waals surface area contributed by atoms with Crippen LogP contribution in [0.4, 0.5) is 5.69 Å². The molecule has 0 aliphatic carbocycles. The third-order valence-electron chi connectivity index (χ3n) is 6.21. The van der Waals surface area contributed by atoms with E-state index in [0.717, 1.165) is 43.9 Å². The van der Waals surface area contributed by atoms with E-state index < -0.39 is 0 Å². The summed E-state index contributed by atoms with van der Waals surface area (Å²) in [5.41, 5.74) is 6.16. The highest BCUT2D eigenvalue weighted by molar-refractivity contribution is 5.89. The smallest absolute Gasteiger partial charge is 0.337 e. The van der Waals surface area contributed by atoms with E-state index in [4.69, 9.17) is 9.47 Å². The van der Waals surface area contributed by atoms with Gasteiger partial charge in [-0.1, -0.05) is 30.3 Å². The van der Waals surface area contributed by atoms with Gasteiger partial charge >= 0.3 is 5.97 Å². The van der Waals surface area contributed by atoms with Crippen LogP contribution in [0.15, 0.2) is 84.0 Å². The van der Waals surface area contributed by atoms with Crippen molar-refractivity contribution in [3.05, 3.63) is 95.6 Å². The number of piperazine rings is 1. The van der Waals surface area contributed by atoms with Gasteiger partial charge in [0.05, 0.1) is 18.9 Å². The average Bonchev–Trinajstić information content (AvgIpc) is 2.96. The Balaban J connectivity index is 1.13. The molecule has 1 saturated heterocycles. The Bertz CT molecular complexity index is 1170. The van der Waals surface area contributed by atoms with E-state index in [1.54, 1.807) is 18.3 Å². The number of nitrogens with zero attached hydrogens (tertiary/aromatic N) is 3. The molecule has 1 heterocycles. The van der Waals surface area contributed by atoms with E-state index in [0.29, 0.717) is 24.3 Å². The van der Waals surface area contributed by atoms with Crippen molar-refractivity contribution in [2.75, 3.05) is 44.7 Å². The van der Waals surface area contributed by atoms with Crippen molar-refractivity contribution in [3.63, 3.8) is 0 Å². The number of rotatable bonds is 10.